The van der Waals surface area contributed by atoms with Gasteiger partial charge in [0.25, 0.3) is 0 Å². The topological polar surface area (TPSA) is 0 Å². The molecule has 0 aliphatic carbocycles. The molecule has 0 N–H and O–H groups in total. The summed E-state index contributed by atoms with van der Waals surface area (Å²) < 4.78 is 0. The van der Waals surface area contributed by atoms with Gasteiger partial charge in [-0.05, 0) is 5.92 Å². The molecule has 0 spiro atoms. The molecule has 0 aromatic rings. The Morgan fingerprint density at radius 3 is 2.54 bits per heavy atom. The highest BCUT2D eigenvalue weighted by molar-refractivity contribution is 9.09. The number of hydrogen-bond acceptors (Lipinski definition) is 0. The molecule has 0 saturated carbocycles. The second-order valence-corrected chi connectivity index (χ2v) is 4.66. The normalized spacial score (nSPS) is 18.5. The average molecular weight is 266 g/mol. The van der Waals surface area contributed by atoms with Crippen LogP contribution in [0.1, 0.15) is 27.2 Å². The van der Waals surface area contributed by atoms with Gasteiger partial charge < -0.3 is 0 Å². The van der Waals surface area contributed by atoms with Gasteiger partial charge in [-0.2, -0.15) is 0 Å². The zero-order valence-electron chi connectivity index (χ0n) is 8.61. The van der Waals surface area contributed by atoms with Crippen molar-refractivity contribution in [3.63, 3.8) is 0 Å². The molecular formula is C11H18BrCl. The standard InChI is InChI=1S/C11H18BrCl/c1-5-9(2)11(4,10(3)13)7-6-8-12/h6-7,9H,3,5,8H2,1-2,4H3/b7-6-/t9-,11?/m0/s1. The summed E-state index contributed by atoms with van der Waals surface area (Å²) in [4.78, 5) is 0. The fraction of sp³-hybridized carbons (Fsp3) is 0.636. The third-order valence-electron chi connectivity index (χ3n) is 2.77. The van der Waals surface area contributed by atoms with E-state index in [4.69, 9.17) is 11.6 Å². The van der Waals surface area contributed by atoms with E-state index in [0.717, 1.165) is 16.8 Å². The van der Waals surface area contributed by atoms with E-state index in [-0.39, 0.29) is 5.41 Å². The lowest BCUT2D eigenvalue weighted by molar-refractivity contribution is 0.336. The molecule has 0 fully saturated rings. The van der Waals surface area contributed by atoms with Gasteiger partial charge in [0.2, 0.25) is 0 Å². The average Bonchev–Trinajstić information content (AvgIpc) is 2.12. The third-order valence-corrected chi connectivity index (χ3v) is 3.55. The minimum absolute atomic E-state index is 0.0793. The number of halogens is 2. The first kappa shape index (κ1) is 13.2. The van der Waals surface area contributed by atoms with Gasteiger partial charge in [0, 0.05) is 15.8 Å². The minimum Gasteiger partial charge on any atom is -0.0888 e. The maximum absolute atomic E-state index is 6.03. The maximum Gasteiger partial charge on any atom is 0.0231 e. The molecule has 0 aliphatic heterocycles. The molecule has 2 atom stereocenters. The quantitative estimate of drug-likeness (QED) is 0.497. The van der Waals surface area contributed by atoms with Crippen LogP contribution in [0.5, 0.6) is 0 Å². The Labute approximate surface area is 95.2 Å². The Morgan fingerprint density at radius 1 is 1.69 bits per heavy atom. The van der Waals surface area contributed by atoms with Crippen LogP contribution in [0.15, 0.2) is 23.8 Å². The molecule has 0 bridgehead atoms. The Kier molecular flexibility index (Phi) is 5.98. The van der Waals surface area contributed by atoms with E-state index < -0.39 is 0 Å². The second-order valence-electron chi connectivity index (χ2n) is 3.55. The summed E-state index contributed by atoms with van der Waals surface area (Å²) in [6.45, 7) is 10.4. The van der Waals surface area contributed by atoms with Crippen LogP contribution in [0.4, 0.5) is 0 Å². The molecule has 13 heavy (non-hydrogen) atoms. The highest BCUT2D eigenvalue weighted by atomic mass is 79.9. The van der Waals surface area contributed by atoms with Gasteiger partial charge in [0.1, 0.15) is 0 Å². The predicted molar refractivity (Wildman–Crippen MR) is 65.5 cm³/mol. The molecule has 1 unspecified atom stereocenters. The lowest BCUT2D eigenvalue weighted by atomic mass is 9.76. The van der Waals surface area contributed by atoms with Crippen molar-refractivity contribution in [2.75, 3.05) is 5.33 Å². The van der Waals surface area contributed by atoms with E-state index in [9.17, 15) is 0 Å². The van der Waals surface area contributed by atoms with E-state index >= 15 is 0 Å². The van der Waals surface area contributed by atoms with Crippen molar-refractivity contribution < 1.29 is 0 Å². The van der Waals surface area contributed by atoms with Crippen molar-refractivity contribution in [2.45, 2.75) is 27.2 Å². The van der Waals surface area contributed by atoms with E-state index in [1.54, 1.807) is 0 Å². The van der Waals surface area contributed by atoms with Crippen molar-refractivity contribution in [2.24, 2.45) is 11.3 Å². The molecule has 0 rings (SSSR count). The van der Waals surface area contributed by atoms with E-state index in [1.165, 1.54) is 0 Å². The molecule has 0 aromatic heterocycles. The third kappa shape index (κ3) is 3.47. The predicted octanol–water partition coefficient (Wildman–Crippen LogP) is 4.74. The zero-order chi connectivity index (χ0) is 10.5. The summed E-state index contributed by atoms with van der Waals surface area (Å²) in [5.41, 5.74) is -0.0793. The highest BCUT2D eigenvalue weighted by Crippen LogP contribution is 2.39. The smallest absolute Gasteiger partial charge is 0.0231 e. The first-order chi connectivity index (χ1) is 5.99. The van der Waals surface area contributed by atoms with Crippen LogP contribution in [-0.4, -0.2) is 5.33 Å². The Hall–Kier alpha value is 0.250. The molecule has 0 radical (unpaired) electrons. The molecule has 0 aromatic carbocycles. The fourth-order valence-corrected chi connectivity index (χ4v) is 1.67. The van der Waals surface area contributed by atoms with Crippen LogP contribution < -0.4 is 0 Å². The largest absolute Gasteiger partial charge is 0.0888 e. The van der Waals surface area contributed by atoms with Gasteiger partial charge >= 0.3 is 0 Å². The van der Waals surface area contributed by atoms with Crippen LogP contribution >= 0.6 is 27.5 Å². The Morgan fingerprint density at radius 2 is 2.23 bits per heavy atom. The summed E-state index contributed by atoms with van der Waals surface area (Å²) in [5.74, 6) is 0.521. The lowest BCUT2D eigenvalue weighted by Crippen LogP contribution is -2.22. The van der Waals surface area contributed by atoms with Gasteiger partial charge in [-0.15, -0.1) is 0 Å². The van der Waals surface area contributed by atoms with Crippen molar-refractivity contribution in [1.82, 2.24) is 0 Å². The molecule has 2 heteroatoms. The molecule has 0 amide bonds. The molecule has 0 nitrogen and oxygen atoms in total. The molecule has 0 saturated heterocycles. The maximum atomic E-state index is 6.03. The van der Waals surface area contributed by atoms with Gasteiger partial charge in [0.05, 0.1) is 0 Å². The van der Waals surface area contributed by atoms with Crippen molar-refractivity contribution in [3.05, 3.63) is 23.8 Å². The van der Waals surface area contributed by atoms with Gasteiger partial charge in [-0.25, -0.2) is 0 Å². The molecule has 0 aliphatic rings. The highest BCUT2D eigenvalue weighted by Gasteiger charge is 2.29. The van der Waals surface area contributed by atoms with Crippen LogP contribution in [0.3, 0.4) is 0 Å². The SMILES string of the molecule is C=C(Cl)C(C)(/C=C\CBr)[C@@H](C)CC. The van der Waals surface area contributed by atoms with Crippen molar-refractivity contribution in [3.8, 4) is 0 Å². The summed E-state index contributed by atoms with van der Waals surface area (Å²) in [5, 5.41) is 1.59. The monoisotopic (exact) mass is 264 g/mol. The lowest BCUT2D eigenvalue weighted by Gasteiger charge is -2.31. The van der Waals surface area contributed by atoms with Crippen LogP contribution in [0, 0.1) is 11.3 Å². The van der Waals surface area contributed by atoms with Gasteiger partial charge in [-0.3, -0.25) is 0 Å². The van der Waals surface area contributed by atoms with Crippen molar-refractivity contribution in [1.29, 1.82) is 0 Å². The number of rotatable bonds is 5. The Bertz CT molecular complexity index is 198. The fourth-order valence-electron chi connectivity index (χ4n) is 1.24. The van der Waals surface area contributed by atoms with Crippen LogP contribution in [0.2, 0.25) is 0 Å². The first-order valence-corrected chi connectivity index (χ1v) is 6.07. The summed E-state index contributed by atoms with van der Waals surface area (Å²) in [6.07, 6.45) is 5.33. The minimum atomic E-state index is -0.0793. The Balaban J connectivity index is 4.72. The van der Waals surface area contributed by atoms with E-state index in [2.05, 4.69) is 55.4 Å². The summed E-state index contributed by atoms with van der Waals surface area (Å²) >= 11 is 9.40. The zero-order valence-corrected chi connectivity index (χ0v) is 11.0. The van der Waals surface area contributed by atoms with Crippen LogP contribution in [-0.2, 0) is 0 Å². The number of hydrogen-bond donors (Lipinski definition) is 0. The first-order valence-electron chi connectivity index (χ1n) is 4.57. The summed E-state index contributed by atoms with van der Waals surface area (Å²) in [6, 6.07) is 0. The summed E-state index contributed by atoms with van der Waals surface area (Å²) in [7, 11) is 0. The van der Waals surface area contributed by atoms with E-state index in [0.29, 0.717) is 5.92 Å². The molecule has 76 valence electrons. The number of allylic oxidation sites excluding steroid dienone is 3. The number of alkyl halides is 1. The van der Waals surface area contributed by atoms with Gasteiger partial charge in [0.15, 0.2) is 0 Å². The molecular weight excluding hydrogens is 247 g/mol. The van der Waals surface area contributed by atoms with Gasteiger partial charge in [-0.1, -0.05) is 73.5 Å². The molecule has 0 heterocycles. The van der Waals surface area contributed by atoms with E-state index in [1.807, 2.05) is 0 Å². The van der Waals surface area contributed by atoms with Crippen LogP contribution in [0.25, 0.3) is 0 Å². The van der Waals surface area contributed by atoms with Crippen molar-refractivity contribution >= 4 is 27.5 Å². The second kappa shape index (κ2) is 5.87.